The van der Waals surface area contributed by atoms with E-state index in [0.717, 1.165) is 24.1 Å². The molecule has 114 valence electrons. The molecule has 0 heterocycles. The van der Waals surface area contributed by atoms with Crippen molar-refractivity contribution in [1.29, 1.82) is 0 Å². The molecule has 1 aromatic rings. The third kappa shape index (κ3) is 3.12. The van der Waals surface area contributed by atoms with Crippen LogP contribution in [0, 0.1) is 18.3 Å². The fourth-order valence-electron chi connectivity index (χ4n) is 3.67. The summed E-state index contributed by atoms with van der Waals surface area (Å²) in [4.78, 5) is 2.68. The predicted molar refractivity (Wildman–Crippen MR) is 83.6 cm³/mol. The van der Waals surface area contributed by atoms with E-state index in [1.807, 2.05) is 6.92 Å². The Hall–Kier alpha value is -1.36. The van der Waals surface area contributed by atoms with E-state index in [2.05, 4.69) is 16.9 Å². The Labute approximate surface area is 126 Å². The Morgan fingerprint density at radius 1 is 1.29 bits per heavy atom. The molecule has 3 rings (SSSR count). The third-order valence-corrected chi connectivity index (χ3v) is 5.97. The summed E-state index contributed by atoms with van der Waals surface area (Å²) in [5.41, 5.74) is 2.37. The SMILES string of the molecule is Cc1ccc(S(=O)(=O)N/N=C2/C[C@@H]3CC[C@](C)(C2)C3)cc1. The maximum absolute atomic E-state index is 12.2. The summed E-state index contributed by atoms with van der Waals surface area (Å²) in [6.07, 6.45) is 5.60. The van der Waals surface area contributed by atoms with Gasteiger partial charge in [-0.15, -0.1) is 0 Å². The zero-order valence-corrected chi connectivity index (χ0v) is 13.4. The summed E-state index contributed by atoms with van der Waals surface area (Å²) >= 11 is 0. The van der Waals surface area contributed by atoms with Gasteiger partial charge in [-0.25, -0.2) is 4.83 Å². The van der Waals surface area contributed by atoms with Crippen LogP contribution in [0.3, 0.4) is 0 Å². The number of rotatable bonds is 3. The Bertz CT molecular complexity index is 664. The molecule has 0 spiro atoms. The van der Waals surface area contributed by atoms with E-state index < -0.39 is 10.0 Å². The van der Waals surface area contributed by atoms with Gasteiger partial charge in [0.05, 0.1) is 4.90 Å². The highest BCUT2D eigenvalue weighted by Gasteiger charge is 2.40. The van der Waals surface area contributed by atoms with Crippen LogP contribution >= 0.6 is 0 Å². The maximum atomic E-state index is 12.2. The second-order valence-electron chi connectivity index (χ2n) is 6.89. The van der Waals surface area contributed by atoms with Gasteiger partial charge in [0.1, 0.15) is 0 Å². The number of hydrogen-bond donors (Lipinski definition) is 1. The minimum atomic E-state index is -3.55. The molecule has 0 radical (unpaired) electrons. The molecule has 2 bridgehead atoms. The van der Waals surface area contributed by atoms with E-state index in [-0.39, 0.29) is 4.90 Å². The Balaban J connectivity index is 1.74. The van der Waals surface area contributed by atoms with Crippen LogP contribution in [-0.2, 0) is 10.0 Å². The number of nitrogens with zero attached hydrogens (tertiary/aromatic N) is 1. The van der Waals surface area contributed by atoms with E-state index in [1.165, 1.54) is 19.3 Å². The Morgan fingerprint density at radius 3 is 2.67 bits per heavy atom. The standard InChI is InChI=1S/C16H22N2O2S/c1-12-3-5-15(6-4-12)21(19,20)18-17-14-9-13-7-8-16(2,10-13)11-14/h3-6,13,18H,7-11H2,1-2H3/b17-14-/t13-,16-/m0/s1. The van der Waals surface area contributed by atoms with Gasteiger partial charge >= 0.3 is 0 Å². The van der Waals surface area contributed by atoms with Crippen molar-refractivity contribution in [3.05, 3.63) is 29.8 Å². The lowest BCUT2D eigenvalue weighted by molar-refractivity contribution is 0.314. The smallest absolute Gasteiger partial charge is 0.200 e. The number of fused-ring (bicyclic) bond motifs is 2. The first-order valence-corrected chi connectivity index (χ1v) is 8.99. The number of benzene rings is 1. The normalized spacial score (nSPS) is 30.6. The van der Waals surface area contributed by atoms with Crippen molar-refractivity contribution in [1.82, 2.24) is 4.83 Å². The predicted octanol–water partition coefficient (Wildman–Crippen LogP) is 3.23. The minimum Gasteiger partial charge on any atom is -0.200 e. The summed E-state index contributed by atoms with van der Waals surface area (Å²) in [5.74, 6) is 0.686. The lowest BCUT2D eigenvalue weighted by Crippen LogP contribution is -2.27. The monoisotopic (exact) mass is 306 g/mol. The first-order chi connectivity index (χ1) is 9.86. The highest BCUT2D eigenvalue weighted by Crippen LogP contribution is 2.49. The highest BCUT2D eigenvalue weighted by atomic mass is 32.2. The summed E-state index contributed by atoms with van der Waals surface area (Å²) < 4.78 is 24.5. The molecule has 2 aliphatic rings. The molecule has 1 N–H and O–H groups in total. The average Bonchev–Trinajstić information content (AvgIpc) is 2.70. The highest BCUT2D eigenvalue weighted by molar-refractivity contribution is 7.89. The van der Waals surface area contributed by atoms with Crippen molar-refractivity contribution < 1.29 is 8.42 Å². The number of nitrogens with one attached hydrogen (secondary N) is 1. The largest absolute Gasteiger partial charge is 0.276 e. The number of aryl methyl sites for hydroxylation is 1. The summed E-state index contributed by atoms with van der Waals surface area (Å²) in [6.45, 7) is 4.22. The van der Waals surface area contributed by atoms with Crippen molar-refractivity contribution in [2.45, 2.75) is 50.8 Å². The lowest BCUT2D eigenvalue weighted by Gasteiger charge is -2.29. The summed E-state index contributed by atoms with van der Waals surface area (Å²) in [6, 6.07) is 6.82. The summed E-state index contributed by atoms with van der Waals surface area (Å²) in [7, 11) is -3.55. The molecule has 0 saturated heterocycles. The van der Waals surface area contributed by atoms with Gasteiger partial charge in [0.25, 0.3) is 10.0 Å². The van der Waals surface area contributed by atoms with Crippen LogP contribution < -0.4 is 4.83 Å². The van der Waals surface area contributed by atoms with E-state index in [9.17, 15) is 8.42 Å². The van der Waals surface area contributed by atoms with Gasteiger partial charge in [-0.3, -0.25) is 0 Å². The van der Waals surface area contributed by atoms with Gasteiger partial charge < -0.3 is 0 Å². The molecular formula is C16H22N2O2S. The van der Waals surface area contributed by atoms with Crippen molar-refractivity contribution >= 4 is 15.7 Å². The molecule has 2 fully saturated rings. The molecule has 0 aliphatic heterocycles. The molecular weight excluding hydrogens is 284 g/mol. The van der Waals surface area contributed by atoms with Crippen LogP contribution in [0.1, 0.15) is 44.6 Å². The van der Waals surface area contributed by atoms with Gasteiger partial charge in [-0.2, -0.15) is 13.5 Å². The van der Waals surface area contributed by atoms with E-state index in [1.54, 1.807) is 24.3 Å². The molecule has 2 atom stereocenters. The molecule has 21 heavy (non-hydrogen) atoms. The van der Waals surface area contributed by atoms with Gasteiger partial charge in [0.15, 0.2) is 0 Å². The lowest BCUT2D eigenvalue weighted by atomic mass is 9.76. The van der Waals surface area contributed by atoms with Gasteiger partial charge in [0, 0.05) is 5.71 Å². The average molecular weight is 306 g/mol. The topological polar surface area (TPSA) is 58.5 Å². The third-order valence-electron chi connectivity index (χ3n) is 4.75. The molecule has 2 saturated carbocycles. The van der Waals surface area contributed by atoms with E-state index in [0.29, 0.717) is 11.3 Å². The zero-order valence-electron chi connectivity index (χ0n) is 12.6. The fourth-order valence-corrected chi connectivity index (χ4v) is 4.52. The van der Waals surface area contributed by atoms with Gasteiger partial charge in [-0.05, 0) is 62.5 Å². The molecule has 4 nitrogen and oxygen atoms in total. The molecule has 0 aromatic heterocycles. The van der Waals surface area contributed by atoms with Crippen molar-refractivity contribution in [3.8, 4) is 0 Å². The van der Waals surface area contributed by atoms with Crippen LogP contribution in [0.4, 0.5) is 0 Å². The Morgan fingerprint density at radius 2 is 2.00 bits per heavy atom. The maximum Gasteiger partial charge on any atom is 0.276 e. The quantitative estimate of drug-likeness (QED) is 0.872. The molecule has 2 aliphatic carbocycles. The van der Waals surface area contributed by atoms with E-state index >= 15 is 0 Å². The van der Waals surface area contributed by atoms with Crippen LogP contribution in [-0.4, -0.2) is 14.1 Å². The second kappa shape index (κ2) is 5.13. The fraction of sp³-hybridized carbons (Fsp3) is 0.562. The molecule has 0 amide bonds. The second-order valence-corrected chi connectivity index (χ2v) is 8.55. The first-order valence-electron chi connectivity index (χ1n) is 7.50. The number of sulfonamides is 1. The molecule has 5 heteroatoms. The van der Waals surface area contributed by atoms with Crippen molar-refractivity contribution in [2.75, 3.05) is 0 Å². The van der Waals surface area contributed by atoms with E-state index in [4.69, 9.17) is 0 Å². The molecule has 1 aromatic carbocycles. The number of hydrazone groups is 1. The zero-order chi connectivity index (χ0) is 15.1. The van der Waals surface area contributed by atoms with Crippen LogP contribution in [0.15, 0.2) is 34.3 Å². The Kier molecular flexibility index (Phi) is 3.56. The van der Waals surface area contributed by atoms with Crippen LogP contribution in [0.25, 0.3) is 0 Å². The number of hydrogen-bond acceptors (Lipinski definition) is 3. The van der Waals surface area contributed by atoms with Crippen LogP contribution in [0.5, 0.6) is 0 Å². The van der Waals surface area contributed by atoms with Crippen LogP contribution in [0.2, 0.25) is 0 Å². The first kappa shape index (κ1) is 14.6. The van der Waals surface area contributed by atoms with Crippen molar-refractivity contribution in [2.24, 2.45) is 16.4 Å². The van der Waals surface area contributed by atoms with Gasteiger partial charge in [-0.1, -0.05) is 24.6 Å². The summed E-state index contributed by atoms with van der Waals surface area (Å²) in [5, 5.41) is 4.22. The minimum absolute atomic E-state index is 0.266. The molecule has 0 unspecified atom stereocenters. The van der Waals surface area contributed by atoms with Gasteiger partial charge in [0.2, 0.25) is 0 Å². The van der Waals surface area contributed by atoms with Crippen molar-refractivity contribution in [3.63, 3.8) is 0 Å².